The largest absolute Gasteiger partial charge is 0.313 e. The van der Waals surface area contributed by atoms with Gasteiger partial charge in [0.1, 0.15) is 0 Å². The molecule has 1 aromatic heterocycles. The molecule has 0 atom stereocenters. The number of hydrogen-bond acceptors (Lipinski definition) is 6. The summed E-state index contributed by atoms with van der Waals surface area (Å²) in [4.78, 5) is 33.9. The van der Waals surface area contributed by atoms with Crippen molar-refractivity contribution in [3.05, 3.63) is 64.5 Å². The van der Waals surface area contributed by atoms with Gasteiger partial charge < -0.3 is 4.90 Å². The summed E-state index contributed by atoms with van der Waals surface area (Å²) in [6.07, 6.45) is 7.20. The first-order valence-corrected chi connectivity index (χ1v) is 8.11. The topological polar surface area (TPSA) is 75.2 Å². The molecule has 2 aliphatic heterocycles. The van der Waals surface area contributed by atoms with Crippen molar-refractivity contribution in [3.8, 4) is 0 Å². The first-order chi connectivity index (χ1) is 11.7. The summed E-state index contributed by atoms with van der Waals surface area (Å²) in [5.41, 5.74) is 2.97. The number of fused-ring (bicyclic) bond motifs is 1. The van der Waals surface area contributed by atoms with Gasteiger partial charge in [0.25, 0.3) is 11.1 Å². The zero-order valence-corrected chi connectivity index (χ0v) is 13.3. The van der Waals surface area contributed by atoms with Crippen molar-refractivity contribution >= 4 is 41.0 Å². The van der Waals surface area contributed by atoms with Gasteiger partial charge in [0, 0.05) is 12.4 Å². The van der Waals surface area contributed by atoms with Gasteiger partial charge >= 0.3 is 0 Å². The summed E-state index contributed by atoms with van der Waals surface area (Å²) in [6, 6.07) is 9.86. The van der Waals surface area contributed by atoms with Crippen molar-refractivity contribution in [1.29, 1.82) is 0 Å². The maximum Gasteiger partial charge on any atom is 0.290 e. The van der Waals surface area contributed by atoms with Gasteiger partial charge in [-0.3, -0.25) is 14.9 Å². The van der Waals surface area contributed by atoms with Crippen molar-refractivity contribution in [3.63, 3.8) is 0 Å². The molecule has 24 heavy (non-hydrogen) atoms. The molecule has 2 aliphatic rings. The van der Waals surface area contributed by atoms with Crippen molar-refractivity contribution in [2.24, 2.45) is 0 Å². The van der Waals surface area contributed by atoms with Crippen LogP contribution in [0.2, 0.25) is 0 Å². The van der Waals surface area contributed by atoms with Crippen LogP contribution in [0.25, 0.3) is 12.2 Å². The second kappa shape index (κ2) is 5.93. The summed E-state index contributed by atoms with van der Waals surface area (Å²) < 4.78 is 0. The van der Waals surface area contributed by atoms with Crippen molar-refractivity contribution in [2.75, 3.05) is 4.90 Å². The van der Waals surface area contributed by atoms with Crippen molar-refractivity contribution in [1.82, 2.24) is 15.3 Å². The van der Waals surface area contributed by atoms with Crippen molar-refractivity contribution in [2.45, 2.75) is 6.54 Å². The van der Waals surface area contributed by atoms with Crippen LogP contribution < -0.4 is 10.2 Å². The number of carbonyl (C=O) groups is 2. The number of benzene rings is 1. The number of aromatic nitrogens is 2. The average Bonchev–Trinajstić information content (AvgIpc) is 2.92. The second-order valence-corrected chi connectivity index (χ2v) is 6.29. The Bertz CT molecular complexity index is 907. The van der Waals surface area contributed by atoms with E-state index in [1.54, 1.807) is 18.3 Å². The van der Waals surface area contributed by atoms with E-state index in [2.05, 4.69) is 27.4 Å². The summed E-state index contributed by atoms with van der Waals surface area (Å²) in [5.74, 6) is 0.154. The van der Waals surface area contributed by atoms with E-state index in [9.17, 15) is 9.59 Å². The van der Waals surface area contributed by atoms with E-state index in [1.165, 1.54) is 11.1 Å². The minimum absolute atomic E-state index is 0.337. The number of imide groups is 1. The number of anilines is 1. The van der Waals surface area contributed by atoms with Crippen LogP contribution in [0.4, 0.5) is 10.7 Å². The van der Waals surface area contributed by atoms with Crippen LogP contribution in [-0.2, 0) is 11.3 Å². The van der Waals surface area contributed by atoms with Gasteiger partial charge in [0.05, 0.1) is 17.1 Å². The number of thioether (sulfide) groups is 1. The summed E-state index contributed by atoms with van der Waals surface area (Å²) in [5, 5.41) is 1.86. The monoisotopic (exact) mass is 336 g/mol. The van der Waals surface area contributed by atoms with E-state index >= 15 is 0 Å². The molecule has 0 spiro atoms. The van der Waals surface area contributed by atoms with Gasteiger partial charge in [0.15, 0.2) is 0 Å². The van der Waals surface area contributed by atoms with Crippen LogP contribution in [0.3, 0.4) is 0 Å². The van der Waals surface area contributed by atoms with Gasteiger partial charge in [-0.05, 0) is 41.1 Å². The van der Waals surface area contributed by atoms with Crippen molar-refractivity contribution < 1.29 is 9.59 Å². The lowest BCUT2D eigenvalue weighted by molar-refractivity contribution is -0.115. The molecule has 0 aliphatic carbocycles. The quantitative estimate of drug-likeness (QED) is 0.850. The summed E-state index contributed by atoms with van der Waals surface area (Å²) >= 11 is 0.874. The van der Waals surface area contributed by atoms with Crippen LogP contribution in [-0.4, -0.2) is 21.1 Å². The molecule has 0 unspecified atom stereocenters. The Labute approximate surface area is 142 Å². The predicted octanol–water partition coefficient (Wildman–Crippen LogP) is 2.79. The number of nitrogens with zero attached hydrogens (tertiary/aromatic N) is 3. The van der Waals surface area contributed by atoms with Gasteiger partial charge in [-0.25, -0.2) is 9.97 Å². The molecule has 0 saturated carbocycles. The predicted molar refractivity (Wildman–Crippen MR) is 92.8 cm³/mol. The van der Waals surface area contributed by atoms with E-state index < -0.39 is 5.91 Å². The Morgan fingerprint density at radius 1 is 1.21 bits per heavy atom. The first-order valence-electron chi connectivity index (χ1n) is 7.30. The number of amides is 2. The molecule has 0 bridgehead atoms. The fourth-order valence-electron chi connectivity index (χ4n) is 2.52. The molecule has 1 N–H and O–H groups in total. The highest BCUT2D eigenvalue weighted by Crippen LogP contribution is 2.26. The molecule has 4 rings (SSSR count). The second-order valence-electron chi connectivity index (χ2n) is 5.28. The molecule has 3 heterocycles. The molecule has 7 heteroatoms. The zero-order chi connectivity index (χ0) is 16.5. The Hall–Kier alpha value is -2.93. The Morgan fingerprint density at radius 2 is 2.08 bits per heavy atom. The molecule has 2 amide bonds. The van der Waals surface area contributed by atoms with Crippen LogP contribution in [0.15, 0.2) is 47.6 Å². The molecule has 6 nitrogen and oxygen atoms in total. The highest BCUT2D eigenvalue weighted by Gasteiger charge is 2.25. The molecule has 118 valence electrons. The fraction of sp³-hybridized carbons (Fsp3) is 0.0588. The maximum atomic E-state index is 11.6. The van der Waals surface area contributed by atoms with Gasteiger partial charge in [-0.2, -0.15) is 0 Å². The van der Waals surface area contributed by atoms with E-state index in [4.69, 9.17) is 0 Å². The lowest BCUT2D eigenvalue weighted by atomic mass is 10.0. The van der Waals surface area contributed by atoms with Gasteiger partial charge in [-0.1, -0.05) is 24.3 Å². The lowest BCUT2D eigenvalue weighted by Crippen LogP contribution is -2.21. The standard InChI is InChI=1S/C17H12N4O2S/c22-15-14(24-17(23)20-15)9-13-5-7-18-16(19-13)21-8-6-11-3-1-2-4-12(11)10-21/h1-9H,10H2,(H,20,22,23). The molecular weight excluding hydrogens is 324 g/mol. The van der Waals surface area contributed by atoms with Crippen LogP contribution in [0.5, 0.6) is 0 Å². The van der Waals surface area contributed by atoms with Crippen LogP contribution >= 0.6 is 11.8 Å². The van der Waals surface area contributed by atoms with E-state index in [-0.39, 0.29) is 5.24 Å². The lowest BCUT2D eigenvalue weighted by Gasteiger charge is -2.23. The average molecular weight is 336 g/mol. The SMILES string of the molecule is O=C1NC(=O)C(=Cc2ccnc(N3C=Cc4ccccc4C3)n2)S1. The van der Waals surface area contributed by atoms with E-state index in [0.717, 1.165) is 11.8 Å². The molecular formula is C17H12N4O2S. The van der Waals surface area contributed by atoms with E-state index in [0.29, 0.717) is 23.1 Å². The Balaban J connectivity index is 1.61. The van der Waals surface area contributed by atoms with Gasteiger partial charge in [0.2, 0.25) is 5.95 Å². The van der Waals surface area contributed by atoms with E-state index in [1.807, 2.05) is 29.3 Å². The minimum Gasteiger partial charge on any atom is -0.313 e. The third-order valence-corrected chi connectivity index (χ3v) is 4.48. The molecule has 0 radical (unpaired) electrons. The smallest absolute Gasteiger partial charge is 0.290 e. The molecule has 1 saturated heterocycles. The minimum atomic E-state index is -0.392. The normalized spacial score (nSPS) is 18.0. The Kier molecular flexibility index (Phi) is 3.62. The molecule has 1 aromatic carbocycles. The highest BCUT2D eigenvalue weighted by atomic mass is 32.2. The van der Waals surface area contributed by atoms with Gasteiger partial charge in [-0.15, -0.1) is 0 Å². The number of rotatable bonds is 2. The maximum absolute atomic E-state index is 11.6. The molecule has 2 aromatic rings. The number of nitrogens with one attached hydrogen (secondary N) is 1. The summed E-state index contributed by atoms with van der Waals surface area (Å²) in [6.45, 7) is 0.681. The van der Waals surface area contributed by atoms with Crippen LogP contribution in [0, 0.1) is 0 Å². The van der Waals surface area contributed by atoms with Crippen LogP contribution in [0.1, 0.15) is 16.8 Å². The highest BCUT2D eigenvalue weighted by molar-refractivity contribution is 8.18. The number of hydrogen-bond donors (Lipinski definition) is 1. The summed E-state index contributed by atoms with van der Waals surface area (Å²) in [7, 11) is 0. The third kappa shape index (κ3) is 2.81. The molecule has 1 fully saturated rings. The number of carbonyl (C=O) groups excluding carboxylic acids is 2. The fourth-order valence-corrected chi connectivity index (χ4v) is 3.19. The first kappa shape index (κ1) is 14.6. The third-order valence-electron chi connectivity index (χ3n) is 3.67. The Morgan fingerprint density at radius 3 is 2.92 bits per heavy atom. The zero-order valence-electron chi connectivity index (χ0n) is 12.5.